The van der Waals surface area contributed by atoms with E-state index in [4.69, 9.17) is 0 Å². The van der Waals surface area contributed by atoms with Crippen LogP contribution in [-0.2, 0) is 6.42 Å². The lowest BCUT2D eigenvalue weighted by Crippen LogP contribution is -2.19. The third-order valence-electron chi connectivity index (χ3n) is 7.45. The zero-order valence-corrected chi connectivity index (χ0v) is 27.8. The van der Waals surface area contributed by atoms with Crippen LogP contribution in [0.3, 0.4) is 0 Å². The van der Waals surface area contributed by atoms with Crippen LogP contribution in [0.15, 0.2) is 68.4 Å². The minimum absolute atomic E-state index is 0.903. The Morgan fingerprint density at radius 1 is 0.600 bits per heavy atom. The normalized spacial score (nSPS) is 10.9. The highest BCUT2D eigenvalue weighted by atomic mass is 15.1. The lowest BCUT2D eigenvalue weighted by atomic mass is 9.96. The fourth-order valence-electron chi connectivity index (χ4n) is 5.05. The Hall–Kier alpha value is -1.76. The molecule has 1 unspecified atom stereocenters. The molecule has 0 bridgehead atoms. The first-order chi connectivity index (χ1) is 19.6. The highest BCUT2D eigenvalue weighted by molar-refractivity contribution is 5.14. The maximum absolute atomic E-state index is 4.03. The number of aryl methyl sites for hydroxylation is 1. The summed E-state index contributed by atoms with van der Waals surface area (Å²) in [7, 11) is 0. The highest BCUT2D eigenvalue weighted by Crippen LogP contribution is 2.18. The van der Waals surface area contributed by atoms with Crippen molar-refractivity contribution in [1.82, 2.24) is 4.90 Å². The molecule has 0 saturated carbocycles. The van der Waals surface area contributed by atoms with Gasteiger partial charge in [0.15, 0.2) is 0 Å². The van der Waals surface area contributed by atoms with Crippen LogP contribution in [0.25, 0.3) is 0 Å². The number of benzene rings is 1. The summed E-state index contributed by atoms with van der Waals surface area (Å²) in [6, 6.07) is 10.9. The number of allylic oxidation sites excluding steroid dienone is 2. The fourth-order valence-corrected chi connectivity index (χ4v) is 5.05. The standard InChI is InChI=1S/C33H59N.2C3H6/c1-4-6-7-8-16-23-30-34(5-2)31-24-22-26-32(3)25-18-14-12-10-9-11-13-15-19-27-33-28-20-17-21-29-33;2*1-3-2/h5,17,20-21,28-29,32H,2,4,6-16,18-19,22-27,30-31H2,1,3H3;2*3H,1H2,2H3. The van der Waals surface area contributed by atoms with Crippen molar-refractivity contribution in [2.75, 3.05) is 13.1 Å². The Bertz CT molecular complexity index is 613. The molecule has 1 heteroatoms. The van der Waals surface area contributed by atoms with Gasteiger partial charge in [0.05, 0.1) is 0 Å². The average Bonchev–Trinajstić information content (AvgIpc) is 2.96. The Kier molecular flexibility index (Phi) is 35.6. The Morgan fingerprint density at radius 3 is 1.50 bits per heavy atom. The van der Waals surface area contributed by atoms with E-state index in [9.17, 15) is 0 Å². The molecule has 0 amide bonds. The lowest BCUT2D eigenvalue weighted by molar-refractivity contribution is 0.342. The van der Waals surface area contributed by atoms with Gasteiger partial charge in [-0.2, -0.15) is 0 Å². The Balaban J connectivity index is 0. The van der Waals surface area contributed by atoms with E-state index in [-0.39, 0.29) is 0 Å². The van der Waals surface area contributed by atoms with Gasteiger partial charge in [-0.3, -0.25) is 0 Å². The second-order valence-electron chi connectivity index (χ2n) is 11.6. The molecule has 232 valence electrons. The van der Waals surface area contributed by atoms with Gasteiger partial charge in [-0.25, -0.2) is 0 Å². The lowest BCUT2D eigenvalue weighted by Gasteiger charge is -2.20. The first-order valence-corrected chi connectivity index (χ1v) is 17.1. The molecule has 1 aromatic rings. The van der Waals surface area contributed by atoms with Gasteiger partial charge in [-0.05, 0) is 57.2 Å². The van der Waals surface area contributed by atoms with Crippen LogP contribution in [0.5, 0.6) is 0 Å². The molecule has 0 radical (unpaired) electrons. The fraction of sp³-hybridized carbons (Fsp3) is 0.692. The van der Waals surface area contributed by atoms with Gasteiger partial charge in [0.1, 0.15) is 0 Å². The quantitative estimate of drug-likeness (QED) is 0.0859. The summed E-state index contributed by atoms with van der Waals surface area (Å²) in [5, 5.41) is 0. The van der Waals surface area contributed by atoms with Crippen molar-refractivity contribution in [3.05, 3.63) is 74.0 Å². The van der Waals surface area contributed by atoms with Gasteiger partial charge in [0, 0.05) is 13.1 Å². The molecule has 1 atom stereocenters. The summed E-state index contributed by atoms with van der Waals surface area (Å²) in [6.45, 7) is 21.7. The molecule has 0 heterocycles. The van der Waals surface area contributed by atoms with Crippen molar-refractivity contribution in [1.29, 1.82) is 0 Å². The van der Waals surface area contributed by atoms with Crippen LogP contribution < -0.4 is 0 Å². The van der Waals surface area contributed by atoms with Crippen molar-refractivity contribution < 1.29 is 0 Å². The SMILES string of the molecule is C=CC.C=CC.C=CN(CCCCCCCC)CCCCC(C)CCCCCCCCCCCc1ccccc1. The number of unbranched alkanes of at least 4 members (excludes halogenated alkanes) is 14. The second-order valence-corrected chi connectivity index (χ2v) is 11.6. The van der Waals surface area contributed by atoms with Crippen molar-refractivity contribution in [3.8, 4) is 0 Å². The first kappa shape index (κ1) is 40.4. The summed E-state index contributed by atoms with van der Waals surface area (Å²) in [4.78, 5) is 2.45. The number of rotatable bonds is 25. The largest absolute Gasteiger partial charge is 0.378 e. The maximum Gasteiger partial charge on any atom is 0.0172 e. The molecule has 0 aliphatic carbocycles. The molecule has 0 spiro atoms. The maximum atomic E-state index is 4.03. The second kappa shape index (κ2) is 35.3. The monoisotopic (exact) mass is 554 g/mol. The molecule has 1 rings (SSSR count). The van der Waals surface area contributed by atoms with E-state index in [1.165, 1.54) is 147 Å². The van der Waals surface area contributed by atoms with E-state index in [0.29, 0.717) is 0 Å². The number of nitrogens with zero attached hydrogens (tertiary/aromatic N) is 1. The van der Waals surface area contributed by atoms with E-state index in [2.05, 4.69) is 75.0 Å². The summed E-state index contributed by atoms with van der Waals surface area (Å²) >= 11 is 0. The smallest absolute Gasteiger partial charge is 0.0172 e. The van der Waals surface area contributed by atoms with Gasteiger partial charge in [0.2, 0.25) is 0 Å². The molecule has 0 aliphatic rings. The van der Waals surface area contributed by atoms with Crippen LogP contribution in [-0.4, -0.2) is 18.0 Å². The summed E-state index contributed by atoms with van der Waals surface area (Å²) in [5.41, 5.74) is 1.50. The summed E-state index contributed by atoms with van der Waals surface area (Å²) in [6.07, 6.45) is 33.5. The zero-order chi connectivity index (χ0) is 29.9. The first-order valence-electron chi connectivity index (χ1n) is 17.1. The van der Waals surface area contributed by atoms with Crippen molar-refractivity contribution in [2.45, 2.75) is 156 Å². The van der Waals surface area contributed by atoms with Crippen LogP contribution >= 0.6 is 0 Å². The molecule has 0 aliphatic heterocycles. The van der Waals surface area contributed by atoms with Crippen molar-refractivity contribution in [2.24, 2.45) is 5.92 Å². The van der Waals surface area contributed by atoms with Crippen molar-refractivity contribution in [3.63, 3.8) is 0 Å². The van der Waals surface area contributed by atoms with Crippen LogP contribution in [0.2, 0.25) is 0 Å². The van der Waals surface area contributed by atoms with Crippen LogP contribution in [0, 0.1) is 5.92 Å². The number of hydrogen-bond acceptors (Lipinski definition) is 1. The predicted octanol–water partition coefficient (Wildman–Crippen LogP) is 13.1. The average molecular weight is 554 g/mol. The molecular weight excluding hydrogens is 482 g/mol. The third-order valence-corrected chi connectivity index (χ3v) is 7.45. The topological polar surface area (TPSA) is 3.24 Å². The Labute approximate surface area is 253 Å². The molecule has 0 saturated heterocycles. The van der Waals surface area contributed by atoms with Gasteiger partial charge >= 0.3 is 0 Å². The van der Waals surface area contributed by atoms with Crippen molar-refractivity contribution >= 4 is 0 Å². The van der Waals surface area contributed by atoms with E-state index < -0.39 is 0 Å². The molecule has 1 nitrogen and oxygen atoms in total. The van der Waals surface area contributed by atoms with E-state index in [1.54, 1.807) is 12.2 Å². The van der Waals surface area contributed by atoms with E-state index in [1.807, 2.05) is 13.8 Å². The summed E-state index contributed by atoms with van der Waals surface area (Å²) < 4.78 is 0. The highest BCUT2D eigenvalue weighted by Gasteiger charge is 2.04. The predicted molar refractivity (Wildman–Crippen MR) is 186 cm³/mol. The minimum Gasteiger partial charge on any atom is -0.378 e. The molecule has 0 fully saturated rings. The van der Waals surface area contributed by atoms with Gasteiger partial charge < -0.3 is 4.90 Å². The van der Waals surface area contributed by atoms with Crippen LogP contribution in [0.1, 0.15) is 155 Å². The molecule has 0 N–H and O–H groups in total. The van der Waals surface area contributed by atoms with Gasteiger partial charge in [-0.15, -0.1) is 13.2 Å². The third kappa shape index (κ3) is 32.5. The molecule has 1 aromatic carbocycles. The minimum atomic E-state index is 0.903. The summed E-state index contributed by atoms with van der Waals surface area (Å²) in [5.74, 6) is 0.903. The molecular formula is C39H71N. The van der Waals surface area contributed by atoms with E-state index >= 15 is 0 Å². The van der Waals surface area contributed by atoms with E-state index in [0.717, 1.165) is 5.92 Å². The van der Waals surface area contributed by atoms with Gasteiger partial charge in [0.25, 0.3) is 0 Å². The Morgan fingerprint density at radius 2 is 1.00 bits per heavy atom. The number of hydrogen-bond donors (Lipinski definition) is 0. The van der Waals surface area contributed by atoms with Gasteiger partial charge in [-0.1, -0.05) is 166 Å². The molecule has 40 heavy (non-hydrogen) atoms. The molecule has 0 aromatic heterocycles. The zero-order valence-electron chi connectivity index (χ0n) is 27.8. The van der Waals surface area contributed by atoms with Crippen LogP contribution in [0.4, 0.5) is 0 Å².